The van der Waals surface area contributed by atoms with E-state index in [-0.39, 0.29) is 5.91 Å². The Hall–Kier alpha value is -1.82. The molecule has 0 saturated carbocycles. The molecule has 0 radical (unpaired) electrons. The highest BCUT2D eigenvalue weighted by atomic mass is 32.1. The molecular formula is C14H18N2O3S. The number of benzene rings is 1. The summed E-state index contributed by atoms with van der Waals surface area (Å²) in [6, 6.07) is 3.73. The van der Waals surface area contributed by atoms with Crippen LogP contribution in [0.3, 0.4) is 0 Å². The van der Waals surface area contributed by atoms with Gasteiger partial charge in [0.25, 0.3) is 0 Å². The maximum Gasteiger partial charge on any atom is 0.248 e. The van der Waals surface area contributed by atoms with Gasteiger partial charge in [0, 0.05) is 13.0 Å². The fourth-order valence-electron chi connectivity index (χ4n) is 2.02. The molecule has 2 aromatic rings. The minimum absolute atomic E-state index is 0.128. The van der Waals surface area contributed by atoms with Gasteiger partial charge in [-0.2, -0.15) is 4.99 Å². The van der Waals surface area contributed by atoms with Crippen LogP contribution < -0.4 is 14.3 Å². The van der Waals surface area contributed by atoms with Gasteiger partial charge in [0.05, 0.1) is 14.2 Å². The zero-order valence-corrected chi connectivity index (χ0v) is 12.9. The number of nitrogens with zero attached hydrogens (tertiary/aromatic N) is 2. The van der Waals surface area contributed by atoms with Gasteiger partial charge >= 0.3 is 0 Å². The Kier molecular flexibility index (Phi) is 4.44. The highest BCUT2D eigenvalue weighted by Gasteiger charge is 2.15. The maximum atomic E-state index is 11.6. The number of carbonyl (C=O) groups is 1. The lowest BCUT2D eigenvalue weighted by Crippen LogP contribution is -2.15. The standard InChI is InChI=1S/C14H18N2O3S/c1-5-11(17)15-14-16(6-2)12-9(18-3)7-8-10(19-4)13(12)20-14/h7-8H,5-6H2,1-4H3. The van der Waals surface area contributed by atoms with Gasteiger partial charge in [-0.25, -0.2) is 0 Å². The number of aromatic nitrogens is 1. The molecule has 0 spiro atoms. The molecule has 0 aliphatic heterocycles. The second-order valence-corrected chi connectivity index (χ2v) is 5.11. The van der Waals surface area contributed by atoms with Gasteiger partial charge in [-0.1, -0.05) is 18.3 Å². The first-order chi connectivity index (χ1) is 9.65. The molecule has 6 heteroatoms. The number of aryl methyl sites for hydroxylation is 1. The Morgan fingerprint density at radius 1 is 1.25 bits per heavy atom. The van der Waals surface area contributed by atoms with E-state index in [9.17, 15) is 4.79 Å². The van der Waals surface area contributed by atoms with Crippen LogP contribution in [-0.4, -0.2) is 24.7 Å². The van der Waals surface area contributed by atoms with Crippen LogP contribution in [0.5, 0.6) is 11.5 Å². The van der Waals surface area contributed by atoms with Crippen LogP contribution in [-0.2, 0) is 11.3 Å². The minimum atomic E-state index is -0.128. The Morgan fingerprint density at radius 2 is 1.90 bits per heavy atom. The molecule has 1 aromatic heterocycles. The van der Waals surface area contributed by atoms with E-state index in [1.165, 1.54) is 11.3 Å². The van der Waals surface area contributed by atoms with Gasteiger partial charge < -0.3 is 14.0 Å². The number of rotatable bonds is 4. The van der Waals surface area contributed by atoms with Crippen LogP contribution in [0.15, 0.2) is 17.1 Å². The van der Waals surface area contributed by atoms with Crippen LogP contribution in [0.4, 0.5) is 0 Å². The largest absolute Gasteiger partial charge is 0.495 e. The molecule has 1 heterocycles. The number of fused-ring (bicyclic) bond motifs is 1. The third-order valence-corrected chi connectivity index (χ3v) is 4.12. The zero-order valence-electron chi connectivity index (χ0n) is 12.1. The number of hydrogen-bond donors (Lipinski definition) is 0. The highest BCUT2D eigenvalue weighted by molar-refractivity contribution is 7.16. The molecule has 0 aliphatic rings. The summed E-state index contributed by atoms with van der Waals surface area (Å²) in [4.78, 5) is 16.4. The summed E-state index contributed by atoms with van der Waals surface area (Å²) in [6.07, 6.45) is 0.395. The SMILES string of the molecule is CCC(=O)N=c1sc2c(OC)ccc(OC)c2n1CC. The van der Waals surface area contributed by atoms with Crippen LogP contribution >= 0.6 is 11.3 Å². The summed E-state index contributed by atoms with van der Waals surface area (Å²) >= 11 is 1.44. The second-order valence-electron chi connectivity index (χ2n) is 4.14. The van der Waals surface area contributed by atoms with Gasteiger partial charge in [-0.3, -0.25) is 4.79 Å². The summed E-state index contributed by atoms with van der Waals surface area (Å²) in [6.45, 7) is 4.52. The number of ether oxygens (including phenoxy) is 2. The third-order valence-electron chi connectivity index (χ3n) is 3.03. The van der Waals surface area contributed by atoms with E-state index in [0.29, 0.717) is 17.8 Å². The van der Waals surface area contributed by atoms with Crippen LogP contribution in [0, 0.1) is 0 Å². The molecule has 0 unspecified atom stereocenters. The van der Waals surface area contributed by atoms with Crippen molar-refractivity contribution in [2.24, 2.45) is 4.99 Å². The smallest absolute Gasteiger partial charge is 0.248 e. The lowest BCUT2D eigenvalue weighted by Gasteiger charge is -2.08. The third kappa shape index (κ3) is 2.43. The Balaban J connectivity index is 2.85. The first-order valence-corrected chi connectivity index (χ1v) is 7.29. The molecule has 2 rings (SSSR count). The maximum absolute atomic E-state index is 11.6. The van der Waals surface area contributed by atoms with E-state index in [2.05, 4.69) is 4.99 Å². The molecule has 1 aromatic carbocycles. The Morgan fingerprint density at radius 3 is 2.45 bits per heavy atom. The van der Waals surface area contributed by atoms with Crippen LogP contribution in [0.1, 0.15) is 20.3 Å². The van der Waals surface area contributed by atoms with Gasteiger partial charge in [0.2, 0.25) is 5.91 Å². The molecule has 0 N–H and O–H groups in total. The number of amides is 1. The normalized spacial score (nSPS) is 11.9. The number of carbonyl (C=O) groups excluding carboxylic acids is 1. The summed E-state index contributed by atoms with van der Waals surface area (Å²) in [5.41, 5.74) is 0.919. The molecule has 5 nitrogen and oxygen atoms in total. The van der Waals surface area contributed by atoms with Crippen molar-refractivity contribution < 1.29 is 14.3 Å². The molecule has 0 fully saturated rings. The van der Waals surface area contributed by atoms with Crippen molar-refractivity contribution >= 4 is 27.5 Å². The van der Waals surface area contributed by atoms with Crippen molar-refractivity contribution in [2.45, 2.75) is 26.8 Å². The average Bonchev–Trinajstić information content (AvgIpc) is 2.84. The molecule has 20 heavy (non-hydrogen) atoms. The summed E-state index contributed by atoms with van der Waals surface area (Å²) in [5.74, 6) is 1.39. The van der Waals surface area contributed by atoms with Gasteiger partial charge in [-0.15, -0.1) is 0 Å². The van der Waals surface area contributed by atoms with Crippen molar-refractivity contribution in [2.75, 3.05) is 14.2 Å². The van der Waals surface area contributed by atoms with Crippen molar-refractivity contribution in [3.05, 3.63) is 16.9 Å². The Bertz CT molecular complexity index is 700. The van der Waals surface area contributed by atoms with Crippen molar-refractivity contribution in [3.8, 4) is 11.5 Å². The Labute approximate surface area is 121 Å². The van der Waals surface area contributed by atoms with E-state index in [1.54, 1.807) is 21.1 Å². The lowest BCUT2D eigenvalue weighted by atomic mass is 10.3. The second kappa shape index (κ2) is 6.09. The number of thiazole rings is 1. The topological polar surface area (TPSA) is 52.8 Å². The molecule has 108 valence electrons. The molecule has 0 bridgehead atoms. The zero-order chi connectivity index (χ0) is 14.7. The molecule has 0 aliphatic carbocycles. The summed E-state index contributed by atoms with van der Waals surface area (Å²) in [7, 11) is 3.26. The van der Waals surface area contributed by atoms with Crippen molar-refractivity contribution in [3.63, 3.8) is 0 Å². The van der Waals surface area contributed by atoms with Crippen molar-refractivity contribution in [1.82, 2.24) is 4.57 Å². The van der Waals surface area contributed by atoms with Gasteiger partial charge in [0.1, 0.15) is 21.7 Å². The lowest BCUT2D eigenvalue weighted by molar-refractivity contribution is -0.117. The van der Waals surface area contributed by atoms with Gasteiger partial charge in [-0.05, 0) is 19.1 Å². The van der Waals surface area contributed by atoms with Crippen LogP contribution in [0.25, 0.3) is 10.2 Å². The quantitative estimate of drug-likeness (QED) is 0.871. The van der Waals surface area contributed by atoms with E-state index in [4.69, 9.17) is 9.47 Å². The monoisotopic (exact) mass is 294 g/mol. The summed E-state index contributed by atoms with van der Waals surface area (Å²) in [5, 5.41) is 0. The fraction of sp³-hybridized carbons (Fsp3) is 0.429. The average molecular weight is 294 g/mol. The van der Waals surface area contributed by atoms with Crippen molar-refractivity contribution in [1.29, 1.82) is 0 Å². The summed E-state index contributed by atoms with van der Waals surface area (Å²) < 4.78 is 13.7. The van der Waals surface area contributed by atoms with E-state index >= 15 is 0 Å². The predicted molar refractivity (Wildman–Crippen MR) is 79.5 cm³/mol. The first-order valence-electron chi connectivity index (χ1n) is 6.48. The van der Waals surface area contributed by atoms with Crippen LogP contribution in [0.2, 0.25) is 0 Å². The predicted octanol–water partition coefficient (Wildman–Crippen LogP) is 2.58. The minimum Gasteiger partial charge on any atom is -0.495 e. The number of hydrogen-bond acceptors (Lipinski definition) is 4. The van der Waals surface area contributed by atoms with E-state index in [0.717, 1.165) is 21.7 Å². The molecule has 0 saturated heterocycles. The fourth-order valence-corrected chi connectivity index (χ4v) is 3.24. The van der Waals surface area contributed by atoms with E-state index in [1.807, 2.05) is 23.6 Å². The molecule has 1 amide bonds. The highest BCUT2D eigenvalue weighted by Crippen LogP contribution is 2.34. The molecule has 0 atom stereocenters. The molecular weight excluding hydrogens is 276 g/mol. The van der Waals surface area contributed by atoms with E-state index < -0.39 is 0 Å². The number of methoxy groups -OCH3 is 2. The first kappa shape index (κ1) is 14.6. The van der Waals surface area contributed by atoms with Gasteiger partial charge in [0.15, 0.2) is 4.80 Å².